The summed E-state index contributed by atoms with van der Waals surface area (Å²) in [6.45, 7) is 7.99. The van der Waals surface area contributed by atoms with Crippen LogP contribution in [0.4, 0.5) is 0 Å². The van der Waals surface area contributed by atoms with Crippen LogP contribution in [-0.4, -0.2) is 28.0 Å². The van der Waals surface area contributed by atoms with Gasteiger partial charge in [0.2, 0.25) is 0 Å². The Morgan fingerprint density at radius 3 is 2.37 bits per heavy atom. The molecule has 0 amide bonds. The van der Waals surface area contributed by atoms with Crippen LogP contribution in [0.2, 0.25) is 0 Å². The van der Waals surface area contributed by atoms with Gasteiger partial charge in [0.05, 0.1) is 12.0 Å². The lowest BCUT2D eigenvalue weighted by molar-refractivity contribution is -0.136. The van der Waals surface area contributed by atoms with E-state index in [0.717, 1.165) is 39.6 Å². The van der Waals surface area contributed by atoms with Gasteiger partial charge in [0.1, 0.15) is 0 Å². The van der Waals surface area contributed by atoms with Crippen LogP contribution in [0.25, 0.3) is 21.9 Å². The maximum Gasteiger partial charge on any atom is 0.307 e. The fourth-order valence-electron chi connectivity index (χ4n) is 3.23. The standard InChI is InChI=1S/C21H21NO2S.C4H10O/c1-14-10-16-7-3-4-9-18(16)21(19(14)12-20(23)24)17-8-5-6-15(11-17)13-22-25-2;1-4(2,3)5/h3-11,22H,12-13H2,1-2H3,(H,23,24);5H,1-3H3. The third-order valence-electron chi connectivity index (χ3n) is 4.34. The second kappa shape index (κ2) is 10.6. The Kier molecular flexibility index (Phi) is 8.47. The van der Waals surface area contributed by atoms with Crippen LogP contribution >= 0.6 is 11.9 Å². The molecule has 3 N–H and O–H groups in total. The Hall–Kier alpha value is -2.34. The molecule has 160 valence electrons. The van der Waals surface area contributed by atoms with Gasteiger partial charge in [-0.15, -0.1) is 0 Å². The van der Waals surface area contributed by atoms with Gasteiger partial charge in [-0.1, -0.05) is 60.5 Å². The first-order valence-electron chi connectivity index (χ1n) is 9.90. The van der Waals surface area contributed by atoms with Crippen molar-refractivity contribution in [2.45, 2.75) is 46.3 Å². The third kappa shape index (κ3) is 7.17. The molecule has 0 saturated carbocycles. The average Bonchev–Trinajstić information content (AvgIpc) is 2.65. The topological polar surface area (TPSA) is 69.6 Å². The molecule has 0 saturated heterocycles. The van der Waals surface area contributed by atoms with Gasteiger partial charge < -0.3 is 10.2 Å². The molecule has 0 bridgehead atoms. The molecular formula is C25H31NO3S. The number of aliphatic carboxylic acids is 1. The fourth-order valence-corrected chi connectivity index (χ4v) is 3.54. The van der Waals surface area contributed by atoms with E-state index in [9.17, 15) is 9.90 Å². The molecule has 0 spiro atoms. The van der Waals surface area contributed by atoms with Gasteiger partial charge in [0, 0.05) is 6.54 Å². The monoisotopic (exact) mass is 425 g/mol. The minimum atomic E-state index is -0.806. The number of benzene rings is 3. The molecule has 3 aromatic rings. The maximum atomic E-state index is 11.4. The first kappa shape index (κ1) is 23.9. The number of carbonyl (C=O) groups is 1. The van der Waals surface area contributed by atoms with Crippen molar-refractivity contribution < 1.29 is 15.0 Å². The van der Waals surface area contributed by atoms with E-state index in [1.54, 1.807) is 32.7 Å². The van der Waals surface area contributed by atoms with Crippen molar-refractivity contribution in [2.75, 3.05) is 6.26 Å². The van der Waals surface area contributed by atoms with E-state index in [4.69, 9.17) is 5.11 Å². The van der Waals surface area contributed by atoms with Crippen LogP contribution in [-0.2, 0) is 17.8 Å². The second-order valence-corrected chi connectivity index (χ2v) is 8.93. The summed E-state index contributed by atoms with van der Waals surface area (Å²) >= 11 is 1.59. The number of hydrogen-bond donors (Lipinski definition) is 3. The largest absolute Gasteiger partial charge is 0.481 e. The predicted molar refractivity (Wildman–Crippen MR) is 128 cm³/mol. The van der Waals surface area contributed by atoms with Crippen molar-refractivity contribution in [3.05, 3.63) is 71.3 Å². The van der Waals surface area contributed by atoms with Gasteiger partial charge in [-0.3, -0.25) is 9.52 Å². The first-order valence-corrected chi connectivity index (χ1v) is 11.1. The van der Waals surface area contributed by atoms with Crippen LogP contribution in [0.15, 0.2) is 54.6 Å². The highest BCUT2D eigenvalue weighted by Crippen LogP contribution is 2.35. The number of aryl methyl sites for hydroxylation is 1. The van der Waals surface area contributed by atoms with Crippen molar-refractivity contribution in [1.29, 1.82) is 0 Å². The van der Waals surface area contributed by atoms with E-state index < -0.39 is 11.6 Å². The van der Waals surface area contributed by atoms with E-state index >= 15 is 0 Å². The summed E-state index contributed by atoms with van der Waals surface area (Å²) in [4.78, 5) is 11.4. The number of fused-ring (bicyclic) bond motifs is 1. The fraction of sp³-hybridized carbons (Fsp3) is 0.320. The highest BCUT2D eigenvalue weighted by Gasteiger charge is 2.16. The molecule has 0 fully saturated rings. The molecule has 4 nitrogen and oxygen atoms in total. The zero-order valence-corrected chi connectivity index (χ0v) is 19.1. The summed E-state index contributed by atoms with van der Waals surface area (Å²) in [6.07, 6.45) is 2.03. The smallest absolute Gasteiger partial charge is 0.307 e. The minimum absolute atomic E-state index is 0.0271. The summed E-state index contributed by atoms with van der Waals surface area (Å²) in [5.74, 6) is -0.806. The summed E-state index contributed by atoms with van der Waals surface area (Å²) < 4.78 is 3.26. The summed E-state index contributed by atoms with van der Waals surface area (Å²) in [5, 5.41) is 20.1. The Morgan fingerprint density at radius 2 is 1.73 bits per heavy atom. The number of rotatable bonds is 6. The molecule has 0 aliphatic heterocycles. The van der Waals surface area contributed by atoms with E-state index in [1.807, 2.05) is 31.4 Å². The van der Waals surface area contributed by atoms with Gasteiger partial charge in [-0.25, -0.2) is 0 Å². The summed E-state index contributed by atoms with van der Waals surface area (Å²) in [7, 11) is 0. The Labute approximate surface area is 183 Å². The lowest BCUT2D eigenvalue weighted by Crippen LogP contribution is -2.10. The van der Waals surface area contributed by atoms with E-state index in [1.165, 1.54) is 5.56 Å². The van der Waals surface area contributed by atoms with Crippen LogP contribution in [0, 0.1) is 6.92 Å². The highest BCUT2D eigenvalue weighted by atomic mass is 32.2. The van der Waals surface area contributed by atoms with Crippen molar-refractivity contribution in [1.82, 2.24) is 4.72 Å². The molecule has 0 unspecified atom stereocenters. The van der Waals surface area contributed by atoms with Gasteiger partial charge in [-0.05, 0) is 78.6 Å². The Balaban J connectivity index is 0.000000575. The van der Waals surface area contributed by atoms with Crippen LogP contribution < -0.4 is 4.72 Å². The van der Waals surface area contributed by atoms with Gasteiger partial charge in [-0.2, -0.15) is 0 Å². The molecule has 0 aliphatic rings. The Bertz CT molecular complexity index is 1000. The number of aliphatic hydroxyl groups is 1. The molecule has 0 aliphatic carbocycles. The summed E-state index contributed by atoms with van der Waals surface area (Å²) in [6, 6.07) is 18.6. The quantitative estimate of drug-likeness (QED) is 0.449. The zero-order chi connectivity index (χ0) is 22.3. The molecule has 30 heavy (non-hydrogen) atoms. The predicted octanol–water partition coefficient (Wildman–Crippen LogP) is 5.59. The maximum absolute atomic E-state index is 11.4. The lowest BCUT2D eigenvalue weighted by Gasteiger charge is -2.16. The molecule has 3 aromatic carbocycles. The molecule has 0 atom stereocenters. The number of hydrogen-bond acceptors (Lipinski definition) is 4. The van der Waals surface area contributed by atoms with Crippen LogP contribution in [0.3, 0.4) is 0 Å². The number of carboxylic acids is 1. The van der Waals surface area contributed by atoms with Crippen molar-refractivity contribution in [3.63, 3.8) is 0 Å². The van der Waals surface area contributed by atoms with Crippen LogP contribution in [0.1, 0.15) is 37.5 Å². The number of carboxylic acid groups (broad SMARTS) is 1. The summed E-state index contributed by atoms with van der Waals surface area (Å²) in [5.41, 5.74) is 4.68. The number of nitrogens with one attached hydrogen (secondary N) is 1. The third-order valence-corrected chi connectivity index (χ3v) is 4.78. The molecule has 0 radical (unpaired) electrons. The average molecular weight is 426 g/mol. The molecule has 0 aromatic heterocycles. The lowest BCUT2D eigenvalue weighted by atomic mass is 9.88. The van der Waals surface area contributed by atoms with Gasteiger partial charge >= 0.3 is 5.97 Å². The highest BCUT2D eigenvalue weighted by molar-refractivity contribution is 7.96. The molecular weight excluding hydrogens is 394 g/mol. The zero-order valence-electron chi connectivity index (χ0n) is 18.3. The van der Waals surface area contributed by atoms with Crippen molar-refractivity contribution in [2.24, 2.45) is 0 Å². The van der Waals surface area contributed by atoms with Gasteiger partial charge in [0.15, 0.2) is 0 Å². The SMILES string of the molecule is CC(C)(C)O.CSNCc1cccc(-c2c(CC(=O)O)c(C)cc3ccccc23)c1. The minimum Gasteiger partial charge on any atom is -0.481 e. The molecule has 5 heteroatoms. The second-order valence-electron chi connectivity index (χ2n) is 8.24. The Morgan fingerprint density at radius 1 is 1.07 bits per heavy atom. The molecule has 3 rings (SSSR count). The van der Waals surface area contributed by atoms with Crippen molar-refractivity contribution >= 4 is 28.7 Å². The van der Waals surface area contributed by atoms with E-state index in [0.29, 0.717) is 0 Å². The van der Waals surface area contributed by atoms with Crippen molar-refractivity contribution in [3.8, 4) is 11.1 Å². The van der Waals surface area contributed by atoms with E-state index in [-0.39, 0.29) is 6.42 Å². The van der Waals surface area contributed by atoms with Gasteiger partial charge in [0.25, 0.3) is 0 Å². The first-order chi connectivity index (χ1) is 14.1. The normalized spacial score (nSPS) is 11.1. The molecule has 0 heterocycles. The van der Waals surface area contributed by atoms with E-state index in [2.05, 4.69) is 41.1 Å². The van der Waals surface area contributed by atoms with Crippen LogP contribution in [0.5, 0.6) is 0 Å².